The number of aromatic amines is 1. The number of nitrogens with one attached hydrogen (secondary N) is 8. The number of amides is 8. The van der Waals surface area contributed by atoms with Crippen LogP contribution in [0.5, 0.6) is 0 Å². The Balaban J connectivity index is 1.18. The molecule has 0 spiro atoms. The molecule has 6 heterocycles. The summed E-state index contributed by atoms with van der Waals surface area (Å²) >= 11 is 2.44. The molecule has 19 atom stereocenters. The molecule has 4 aromatic heterocycles. The lowest BCUT2D eigenvalue weighted by Crippen LogP contribution is -2.65. The summed E-state index contributed by atoms with van der Waals surface area (Å²) in [6.45, 7) is 4.43. The van der Waals surface area contributed by atoms with E-state index in [2.05, 4.69) is 66.8 Å². The second kappa shape index (κ2) is 40.6. The molecular weight excluding hydrogens is 1440 g/mol. The van der Waals surface area contributed by atoms with Crippen molar-refractivity contribution in [1.82, 2.24) is 66.7 Å². The molecule has 6 rings (SSSR count). The summed E-state index contributed by atoms with van der Waals surface area (Å²) in [5.74, 6) is -8.95. The van der Waals surface area contributed by atoms with E-state index in [1.165, 1.54) is 50.4 Å². The van der Waals surface area contributed by atoms with Gasteiger partial charge in [-0.1, -0.05) is 6.92 Å². The number of primary amides is 3. The number of nitrogens with two attached hydrogens (primary N) is 8. The maximum atomic E-state index is 15.2. The van der Waals surface area contributed by atoms with Crippen LogP contribution in [0.15, 0.2) is 28.3 Å². The van der Waals surface area contributed by atoms with Gasteiger partial charge in [0, 0.05) is 68.4 Å². The minimum atomic E-state index is -2.21. The van der Waals surface area contributed by atoms with Crippen LogP contribution in [0.3, 0.4) is 0 Å². The molecule has 4 aromatic rings. The number of guanidine groups is 2. The van der Waals surface area contributed by atoms with E-state index >= 15 is 4.79 Å². The van der Waals surface area contributed by atoms with Crippen molar-refractivity contribution < 1.29 is 103 Å². The molecular formula is C60H95N23O21S2. The highest BCUT2D eigenvalue weighted by molar-refractivity contribution is 7.14. The molecule has 588 valence electrons. The second-order valence-electron chi connectivity index (χ2n) is 24.9. The molecule has 0 aliphatic carbocycles. The van der Waals surface area contributed by atoms with E-state index in [1.807, 2.05) is 0 Å². The van der Waals surface area contributed by atoms with Crippen molar-refractivity contribution in [2.45, 2.75) is 176 Å². The van der Waals surface area contributed by atoms with Crippen molar-refractivity contribution in [3.63, 3.8) is 0 Å². The first-order valence-electron chi connectivity index (χ1n) is 33.2. The van der Waals surface area contributed by atoms with Crippen molar-refractivity contribution in [2.24, 2.45) is 51.0 Å². The van der Waals surface area contributed by atoms with E-state index in [4.69, 9.17) is 75.0 Å². The van der Waals surface area contributed by atoms with Gasteiger partial charge in [-0.25, -0.2) is 29.7 Å². The number of thiazole rings is 2. The number of unbranched alkanes of at least 4 members (excludes halogenated alkanes) is 2. The fourth-order valence-electron chi connectivity index (χ4n) is 10.8. The van der Waals surface area contributed by atoms with Crippen molar-refractivity contribution in [3.8, 4) is 10.7 Å². The molecule has 0 bridgehead atoms. The van der Waals surface area contributed by atoms with Gasteiger partial charge in [0.15, 0.2) is 30.6 Å². The molecule has 2 aliphatic rings. The molecule has 8 amide bonds. The number of ether oxygens (including phenoxy) is 5. The highest BCUT2D eigenvalue weighted by Gasteiger charge is 2.54. The summed E-state index contributed by atoms with van der Waals surface area (Å²) in [6, 6.07) is -7.93. The SMILES string of the molecule is Cc1c(N)nc([C@H](CC(N)=O)NC[C@H](N)C(N)=O)nc1C(=O)N[C@H](C(=O)N[C@H](C)[C@@H](O)[C@H](C)C(=O)N[C@H](C(=O)NCCc1nc(-c2nc(C(=O)NCCCCN(CCCCN=C(N)N)C(=N)N)cs2)cs1)[C@@H](C)O)[C@@H](O[C@@H]1O[C@@H](CO)[C@@H](O)[C@H](O)[C@@H]1O[C@H]1O[C@H](CO)[C@@H](O)[C@H](OC(N)=O)[C@@H]1O)c1cnc[nH]1. The summed E-state index contributed by atoms with van der Waals surface area (Å²) in [6.07, 6.45) is -22.6. The molecule has 0 saturated carbocycles. The zero-order valence-electron chi connectivity index (χ0n) is 58.1. The first-order valence-corrected chi connectivity index (χ1v) is 35.0. The zero-order chi connectivity index (χ0) is 78.4. The minimum Gasteiger partial charge on any atom is -0.441 e. The third-order valence-corrected chi connectivity index (χ3v) is 18.7. The van der Waals surface area contributed by atoms with E-state index in [0.29, 0.717) is 61.2 Å². The number of aromatic nitrogens is 6. The summed E-state index contributed by atoms with van der Waals surface area (Å²) in [7, 11) is 0. The van der Waals surface area contributed by atoms with Gasteiger partial charge < -0.3 is 152 Å². The summed E-state index contributed by atoms with van der Waals surface area (Å²) in [4.78, 5) is 137. The molecule has 46 heteroatoms. The zero-order valence-corrected chi connectivity index (χ0v) is 59.8. The Kier molecular flexibility index (Phi) is 32.8. The first-order chi connectivity index (χ1) is 50.1. The normalized spacial score (nSPS) is 22.7. The number of hydrogen-bond donors (Lipinski definition) is 24. The third-order valence-electron chi connectivity index (χ3n) is 16.9. The Hall–Kier alpha value is -9.11. The number of anilines is 1. The van der Waals surface area contributed by atoms with Crippen molar-refractivity contribution in [2.75, 3.05) is 58.2 Å². The van der Waals surface area contributed by atoms with Crippen LogP contribution in [0.2, 0.25) is 0 Å². The molecule has 2 fully saturated rings. The highest BCUT2D eigenvalue weighted by atomic mass is 32.1. The van der Waals surface area contributed by atoms with Crippen LogP contribution in [0.1, 0.15) is 108 Å². The van der Waals surface area contributed by atoms with Gasteiger partial charge in [0.25, 0.3) is 11.8 Å². The van der Waals surface area contributed by atoms with Gasteiger partial charge in [0.05, 0.1) is 72.7 Å². The number of carbonyl (C=O) groups is 8. The number of hydrogen-bond acceptors (Lipinski definition) is 33. The third kappa shape index (κ3) is 23.9. The van der Waals surface area contributed by atoms with Gasteiger partial charge in [-0.05, 0) is 46.5 Å². The maximum absolute atomic E-state index is 15.2. The standard InChI is InChI=1S/C60H95N23O21S2/c1-23-36(79-49(82-47(23)63)28(15-34(62)87)74-16-27(61)48(64)93)53(97)81-38(44(29-17-70-22-75-29)102-57-46(42(91)40(89)32(18-84)101-57)103-56-43(92)45(104-60(69)99)41(90)33(19-85)100-56)54(98)76-25(3)39(88)24(2)50(94)80-37(26(4)86)52(96)72-12-9-35-77-31(21-105-35)55-78-30(20-106-55)51(95)71-10-5-7-13-83(59(67)68)14-8-6-11-73-58(65)66/h17,20-22,24-28,32-33,37-46,56-57,74,84-86,88-92H,5-16,18-19,61H2,1-4H3,(H2,62,87)(H2,64,93)(H3,67,68)(H2,69,99)(H,70,75)(H,71,95)(H,72,96)(H,76,98)(H,80,94)(H,81,97)(H2,63,79,82)(H4,65,66,73)/t24-,25+,26+,27-,28-,32-,33+,37-,38-,39-,40+,41+,42-,43-,44-,45-,46-,56+,57-/m0/s1. The Morgan fingerprint density at radius 2 is 1.44 bits per heavy atom. The Bertz CT molecular complexity index is 3630. The summed E-state index contributed by atoms with van der Waals surface area (Å²) < 4.78 is 28.8. The molecule has 2 saturated heterocycles. The molecule has 106 heavy (non-hydrogen) atoms. The molecule has 2 aliphatic heterocycles. The van der Waals surface area contributed by atoms with Crippen molar-refractivity contribution >= 4 is 87.9 Å². The number of rotatable bonds is 41. The van der Waals surface area contributed by atoms with Crippen molar-refractivity contribution in [1.29, 1.82) is 5.41 Å². The predicted molar refractivity (Wildman–Crippen MR) is 373 cm³/mol. The largest absolute Gasteiger partial charge is 0.441 e. The van der Waals surface area contributed by atoms with E-state index < -0.39 is 189 Å². The Morgan fingerprint density at radius 3 is 2.07 bits per heavy atom. The Morgan fingerprint density at radius 1 is 0.764 bits per heavy atom. The van der Waals surface area contributed by atoms with Crippen LogP contribution >= 0.6 is 22.7 Å². The van der Waals surface area contributed by atoms with Crippen molar-refractivity contribution in [3.05, 3.63) is 56.8 Å². The van der Waals surface area contributed by atoms with E-state index in [0.717, 1.165) is 18.9 Å². The van der Waals surface area contributed by atoms with Gasteiger partial charge in [-0.2, -0.15) is 0 Å². The monoisotopic (exact) mass is 1540 g/mol. The van der Waals surface area contributed by atoms with Gasteiger partial charge >= 0.3 is 6.09 Å². The number of aliphatic hydroxyl groups excluding tert-OH is 8. The number of imidazole rings is 1. The lowest BCUT2D eigenvalue weighted by Gasteiger charge is -2.47. The van der Waals surface area contributed by atoms with Crippen LogP contribution in [0, 0.1) is 18.3 Å². The van der Waals surface area contributed by atoms with Crippen LogP contribution in [0.25, 0.3) is 10.7 Å². The van der Waals surface area contributed by atoms with Crippen LogP contribution in [-0.4, -0.2) is 285 Å². The lowest BCUT2D eigenvalue weighted by molar-refractivity contribution is -0.372. The molecule has 32 N–H and O–H groups in total. The van der Waals surface area contributed by atoms with Gasteiger partial charge in [0.1, 0.15) is 94.6 Å². The van der Waals surface area contributed by atoms with Gasteiger partial charge in [0.2, 0.25) is 29.5 Å². The predicted octanol–water partition coefficient (Wildman–Crippen LogP) is -8.94. The van der Waals surface area contributed by atoms with Crippen LogP contribution < -0.4 is 77.8 Å². The lowest BCUT2D eigenvalue weighted by atomic mass is 9.96. The summed E-state index contributed by atoms with van der Waals surface area (Å²) in [5.41, 5.74) is 44.4. The molecule has 0 unspecified atom stereocenters. The molecule has 0 radical (unpaired) electrons. The van der Waals surface area contributed by atoms with Gasteiger partial charge in [-0.15, -0.1) is 22.7 Å². The number of aliphatic hydroxyl groups is 8. The Labute approximate surface area is 613 Å². The topological polar surface area (TPSA) is 745 Å². The minimum absolute atomic E-state index is 0.0107. The second-order valence-corrected chi connectivity index (χ2v) is 26.7. The number of aliphatic imine (C=N–C) groups is 1. The first kappa shape index (κ1) is 85.8. The maximum Gasteiger partial charge on any atom is 0.404 e. The number of nitrogen functional groups attached to an aromatic ring is 1. The fourth-order valence-corrected chi connectivity index (χ4v) is 12.5. The average Bonchev–Trinajstić information content (AvgIpc) is 0.949. The highest BCUT2D eigenvalue weighted by Crippen LogP contribution is 2.35. The van der Waals surface area contributed by atoms with Gasteiger partial charge in [-0.3, -0.25) is 44.0 Å². The molecule has 44 nitrogen and oxygen atoms in total. The number of nitrogens with zero attached hydrogens (tertiary/aromatic N) is 7. The quantitative estimate of drug-likeness (QED) is 0.0111. The van der Waals surface area contributed by atoms with E-state index in [9.17, 15) is 74.4 Å². The number of carbonyl (C=O) groups excluding carboxylic acids is 8. The summed E-state index contributed by atoms with van der Waals surface area (Å²) in [5, 5.41) is 116. The van der Waals surface area contributed by atoms with Crippen LogP contribution in [-0.2, 0) is 54.1 Å². The van der Waals surface area contributed by atoms with E-state index in [-0.39, 0.29) is 60.0 Å². The van der Waals surface area contributed by atoms with E-state index in [1.54, 1.807) is 15.7 Å². The van der Waals surface area contributed by atoms with Crippen LogP contribution in [0.4, 0.5) is 10.6 Å². The average molecular weight is 1540 g/mol. The smallest absolute Gasteiger partial charge is 0.404 e. The number of H-pyrrole nitrogens is 1. The molecule has 0 aromatic carbocycles. The fraction of sp³-hybridized carbons (Fsp3) is 0.617.